The fourth-order valence-corrected chi connectivity index (χ4v) is 3.20. The third-order valence-electron chi connectivity index (χ3n) is 1.16. The fraction of sp³-hybridized carbons (Fsp3) is 0.333. The molecule has 0 spiro atoms. The maximum absolute atomic E-state index is 10.3. The molecular weight excluding hydrogens is 278 g/mol. The standard InChI is InChI=1S/C6H6O4S2.2K/c7-4(8)3(5(9)10)6-11-1-2-12-6;;/h1-2H2,(H,7,8)(H,9,10);;/q;2*+1/p-2. The van der Waals surface area contributed by atoms with Gasteiger partial charge in [0.05, 0.1) is 16.2 Å². The number of carboxylic acid groups (broad SMARTS) is 2. The first-order valence-electron chi connectivity index (χ1n) is 3.05. The van der Waals surface area contributed by atoms with Gasteiger partial charge in [0.15, 0.2) is 0 Å². The van der Waals surface area contributed by atoms with Gasteiger partial charge >= 0.3 is 103 Å². The van der Waals surface area contributed by atoms with Crippen LogP contribution in [-0.4, -0.2) is 23.4 Å². The van der Waals surface area contributed by atoms with Crippen molar-refractivity contribution in [2.75, 3.05) is 11.5 Å². The van der Waals surface area contributed by atoms with Gasteiger partial charge in [0.1, 0.15) is 0 Å². The molecule has 14 heavy (non-hydrogen) atoms. The second kappa shape index (κ2) is 9.66. The SMILES string of the molecule is O=C([O-])C(C(=O)[O-])=C1SCCS1.[K+].[K+]. The van der Waals surface area contributed by atoms with Crippen molar-refractivity contribution >= 4 is 35.5 Å². The van der Waals surface area contributed by atoms with Crippen LogP contribution >= 0.6 is 23.5 Å². The molecule has 0 aromatic heterocycles. The maximum atomic E-state index is 10.3. The summed E-state index contributed by atoms with van der Waals surface area (Å²) >= 11 is 2.42. The van der Waals surface area contributed by atoms with Gasteiger partial charge in [-0.1, -0.05) is 0 Å². The van der Waals surface area contributed by atoms with Crippen LogP contribution in [-0.2, 0) is 9.59 Å². The van der Waals surface area contributed by atoms with Crippen molar-refractivity contribution in [3.63, 3.8) is 0 Å². The Morgan fingerprint density at radius 2 is 1.36 bits per heavy atom. The monoisotopic (exact) mass is 282 g/mol. The Morgan fingerprint density at radius 3 is 1.64 bits per heavy atom. The zero-order valence-corrected chi connectivity index (χ0v) is 15.7. The molecule has 0 bridgehead atoms. The van der Waals surface area contributed by atoms with Crippen LogP contribution in [0.4, 0.5) is 0 Å². The second-order valence-corrected chi connectivity index (χ2v) is 4.40. The molecule has 0 aromatic carbocycles. The number of aliphatic carboxylic acids is 2. The van der Waals surface area contributed by atoms with Gasteiger partial charge < -0.3 is 19.8 Å². The summed E-state index contributed by atoms with van der Waals surface area (Å²) < 4.78 is 0.287. The van der Waals surface area contributed by atoms with Crippen LogP contribution in [0.15, 0.2) is 9.81 Å². The van der Waals surface area contributed by atoms with E-state index in [9.17, 15) is 19.8 Å². The minimum absolute atomic E-state index is 0. The molecule has 1 rings (SSSR count). The Balaban J connectivity index is 0. The second-order valence-electron chi connectivity index (χ2n) is 1.93. The van der Waals surface area contributed by atoms with Gasteiger partial charge in [-0.25, -0.2) is 0 Å². The van der Waals surface area contributed by atoms with Crippen molar-refractivity contribution in [3.05, 3.63) is 9.81 Å². The van der Waals surface area contributed by atoms with Crippen molar-refractivity contribution in [3.8, 4) is 0 Å². The number of carbonyl (C=O) groups excluding carboxylic acids is 2. The molecule has 1 aliphatic rings. The minimum Gasteiger partial charge on any atom is -0.545 e. The first kappa shape index (κ1) is 19.0. The molecule has 4 nitrogen and oxygen atoms in total. The van der Waals surface area contributed by atoms with Crippen molar-refractivity contribution in [2.24, 2.45) is 0 Å². The first-order valence-corrected chi connectivity index (χ1v) is 5.02. The zero-order valence-electron chi connectivity index (χ0n) is 7.86. The summed E-state index contributed by atoms with van der Waals surface area (Å²) in [6.45, 7) is 0. The summed E-state index contributed by atoms with van der Waals surface area (Å²) in [4.78, 5) is 20.6. The Bertz CT molecular complexity index is 243. The Hall–Kier alpha value is 2.65. The van der Waals surface area contributed by atoms with Gasteiger partial charge in [0.25, 0.3) is 0 Å². The molecule has 1 aliphatic heterocycles. The molecule has 1 fully saturated rings. The predicted octanol–water partition coefficient (Wildman–Crippen LogP) is -7.81. The zero-order chi connectivity index (χ0) is 9.14. The summed E-state index contributed by atoms with van der Waals surface area (Å²) in [5.41, 5.74) is -0.720. The molecule has 66 valence electrons. The number of hydrogen-bond acceptors (Lipinski definition) is 6. The van der Waals surface area contributed by atoms with Gasteiger partial charge in [-0.3, -0.25) is 0 Å². The molecule has 1 saturated heterocycles. The Kier molecular flexibility index (Phi) is 13.1. The van der Waals surface area contributed by atoms with Crippen molar-refractivity contribution in [1.82, 2.24) is 0 Å². The number of carboxylic acids is 2. The summed E-state index contributed by atoms with van der Waals surface area (Å²) in [5.74, 6) is -1.90. The molecule has 0 N–H and O–H groups in total. The smallest absolute Gasteiger partial charge is 0.545 e. The molecule has 0 aromatic rings. The first-order chi connectivity index (χ1) is 5.63. The molecule has 0 atom stereocenters. The quantitative estimate of drug-likeness (QED) is 0.217. The molecular formula is C6H4K2O4S2. The third-order valence-corrected chi connectivity index (χ3v) is 3.88. The van der Waals surface area contributed by atoms with Gasteiger partial charge in [-0.05, 0) is 0 Å². The van der Waals surface area contributed by atoms with E-state index < -0.39 is 17.5 Å². The number of rotatable bonds is 2. The van der Waals surface area contributed by atoms with Crippen LogP contribution in [0.2, 0.25) is 0 Å². The number of thioether (sulfide) groups is 2. The number of hydrogen-bond donors (Lipinski definition) is 0. The molecule has 0 radical (unpaired) electrons. The van der Waals surface area contributed by atoms with E-state index in [0.29, 0.717) is 0 Å². The van der Waals surface area contributed by atoms with Crippen molar-refractivity contribution in [2.45, 2.75) is 0 Å². The van der Waals surface area contributed by atoms with Gasteiger partial charge in [-0.2, -0.15) is 0 Å². The van der Waals surface area contributed by atoms with Gasteiger partial charge in [0.2, 0.25) is 0 Å². The number of carbonyl (C=O) groups is 2. The molecule has 1 heterocycles. The van der Waals surface area contributed by atoms with Gasteiger partial charge in [-0.15, -0.1) is 23.5 Å². The predicted molar refractivity (Wildman–Crippen MR) is 42.0 cm³/mol. The van der Waals surface area contributed by atoms with E-state index in [4.69, 9.17) is 0 Å². The Labute approximate surface area is 175 Å². The van der Waals surface area contributed by atoms with E-state index in [1.165, 1.54) is 23.5 Å². The topological polar surface area (TPSA) is 80.3 Å². The molecule has 0 amide bonds. The maximum Gasteiger partial charge on any atom is 1.00 e. The summed E-state index contributed by atoms with van der Waals surface area (Å²) in [7, 11) is 0. The van der Waals surface area contributed by atoms with Crippen LogP contribution in [0.1, 0.15) is 0 Å². The summed E-state index contributed by atoms with van der Waals surface area (Å²) in [6.07, 6.45) is 0. The van der Waals surface area contributed by atoms with Gasteiger partial charge in [0, 0.05) is 17.1 Å². The average Bonchev–Trinajstić information content (AvgIpc) is 2.37. The summed E-state index contributed by atoms with van der Waals surface area (Å²) in [5, 5.41) is 20.6. The van der Waals surface area contributed by atoms with Crippen molar-refractivity contribution in [1.29, 1.82) is 0 Å². The summed E-state index contributed by atoms with van der Waals surface area (Å²) in [6, 6.07) is 0. The van der Waals surface area contributed by atoms with Crippen LogP contribution in [0.25, 0.3) is 0 Å². The van der Waals surface area contributed by atoms with E-state index in [-0.39, 0.29) is 107 Å². The van der Waals surface area contributed by atoms with E-state index in [1.807, 2.05) is 0 Å². The molecule has 0 unspecified atom stereocenters. The van der Waals surface area contributed by atoms with Crippen LogP contribution in [0.5, 0.6) is 0 Å². The van der Waals surface area contributed by atoms with Crippen LogP contribution in [0, 0.1) is 0 Å². The fourth-order valence-electron chi connectivity index (χ4n) is 0.705. The van der Waals surface area contributed by atoms with E-state index in [0.717, 1.165) is 11.5 Å². The third kappa shape index (κ3) is 5.83. The minimum atomic E-state index is -1.67. The van der Waals surface area contributed by atoms with E-state index in [1.54, 1.807) is 0 Å². The normalized spacial score (nSPS) is 13.9. The van der Waals surface area contributed by atoms with Crippen LogP contribution < -0.4 is 113 Å². The molecule has 0 saturated carbocycles. The largest absolute Gasteiger partial charge is 1.00 e. The van der Waals surface area contributed by atoms with Crippen molar-refractivity contribution < 1.29 is 123 Å². The average molecular weight is 282 g/mol. The van der Waals surface area contributed by atoms with E-state index in [2.05, 4.69) is 0 Å². The molecule has 8 heteroatoms. The van der Waals surface area contributed by atoms with Crippen LogP contribution in [0.3, 0.4) is 0 Å². The molecule has 0 aliphatic carbocycles. The van der Waals surface area contributed by atoms with E-state index >= 15 is 0 Å². The Morgan fingerprint density at radius 1 is 1.00 bits per heavy atom.